The maximum absolute atomic E-state index is 12.3. The molecule has 0 aromatic carbocycles. The number of rotatable bonds is 5. The molecule has 24 heavy (non-hydrogen) atoms. The Bertz CT molecular complexity index is 824. The summed E-state index contributed by atoms with van der Waals surface area (Å²) in [6, 6.07) is 3.69. The van der Waals surface area contributed by atoms with Crippen LogP contribution in [0, 0.1) is 0 Å². The molecule has 0 bridgehead atoms. The van der Waals surface area contributed by atoms with Crippen LogP contribution in [-0.2, 0) is 10.0 Å². The Labute approximate surface area is 140 Å². The van der Waals surface area contributed by atoms with E-state index in [0.29, 0.717) is 31.1 Å². The summed E-state index contributed by atoms with van der Waals surface area (Å²) in [7, 11) is -3.14. The Morgan fingerprint density at radius 2 is 1.79 bits per heavy atom. The molecule has 1 aliphatic heterocycles. The first-order valence-electron chi connectivity index (χ1n) is 8.01. The molecule has 3 heterocycles. The standard InChI is InChI=1S/C16H18N4O3S/c21-24(22,14-1-2-14)20-10-5-13(11-20)23-16-15(18-8-9-19-16)12-3-6-17-7-4-12/h3-4,6-9,13-14H,1-2,5,10-11H2. The summed E-state index contributed by atoms with van der Waals surface area (Å²) in [4.78, 5) is 12.6. The summed E-state index contributed by atoms with van der Waals surface area (Å²) in [5.41, 5.74) is 1.51. The fourth-order valence-corrected chi connectivity index (χ4v) is 4.77. The van der Waals surface area contributed by atoms with E-state index < -0.39 is 10.0 Å². The van der Waals surface area contributed by atoms with Crippen molar-refractivity contribution in [2.45, 2.75) is 30.6 Å². The molecular weight excluding hydrogens is 328 g/mol. The number of hydrogen-bond donors (Lipinski definition) is 0. The van der Waals surface area contributed by atoms with Crippen molar-refractivity contribution in [1.82, 2.24) is 19.3 Å². The topological polar surface area (TPSA) is 85.3 Å². The Balaban J connectivity index is 1.51. The number of nitrogens with zero attached hydrogens (tertiary/aromatic N) is 4. The Morgan fingerprint density at radius 1 is 1.04 bits per heavy atom. The van der Waals surface area contributed by atoms with Gasteiger partial charge >= 0.3 is 0 Å². The van der Waals surface area contributed by atoms with Crippen LogP contribution in [0.3, 0.4) is 0 Å². The van der Waals surface area contributed by atoms with Crippen LogP contribution in [-0.4, -0.2) is 52.1 Å². The average molecular weight is 346 g/mol. The largest absolute Gasteiger partial charge is 0.471 e. The quantitative estimate of drug-likeness (QED) is 0.815. The highest BCUT2D eigenvalue weighted by atomic mass is 32.2. The van der Waals surface area contributed by atoms with Gasteiger partial charge in [0.2, 0.25) is 15.9 Å². The molecule has 0 radical (unpaired) electrons. The van der Waals surface area contributed by atoms with E-state index in [4.69, 9.17) is 4.74 Å². The van der Waals surface area contributed by atoms with Crippen LogP contribution < -0.4 is 4.74 Å². The van der Waals surface area contributed by atoms with Crippen molar-refractivity contribution in [2.24, 2.45) is 0 Å². The molecular formula is C16H18N4O3S. The number of pyridine rings is 1. The van der Waals surface area contributed by atoms with Gasteiger partial charge in [0.15, 0.2) is 0 Å². The van der Waals surface area contributed by atoms with Crippen LogP contribution in [0.2, 0.25) is 0 Å². The third-order valence-corrected chi connectivity index (χ3v) is 6.68. The molecule has 4 rings (SSSR count). The van der Waals surface area contributed by atoms with Crippen LogP contribution >= 0.6 is 0 Å². The summed E-state index contributed by atoms with van der Waals surface area (Å²) in [6.07, 6.45) is 8.59. The van der Waals surface area contributed by atoms with Crippen LogP contribution in [0.1, 0.15) is 19.3 Å². The van der Waals surface area contributed by atoms with Gasteiger partial charge < -0.3 is 4.74 Å². The van der Waals surface area contributed by atoms with Gasteiger partial charge in [-0.15, -0.1) is 0 Å². The molecule has 2 aromatic rings. The van der Waals surface area contributed by atoms with Crippen LogP contribution in [0.5, 0.6) is 5.88 Å². The van der Waals surface area contributed by atoms with Crippen molar-refractivity contribution in [3.63, 3.8) is 0 Å². The summed E-state index contributed by atoms with van der Waals surface area (Å²) in [5, 5.41) is -0.180. The summed E-state index contributed by atoms with van der Waals surface area (Å²) in [6.45, 7) is 0.888. The Morgan fingerprint density at radius 3 is 2.54 bits per heavy atom. The van der Waals surface area contributed by atoms with Gasteiger partial charge in [0.1, 0.15) is 11.8 Å². The predicted molar refractivity (Wildman–Crippen MR) is 87.8 cm³/mol. The predicted octanol–water partition coefficient (Wildman–Crippen LogP) is 1.48. The maximum Gasteiger partial charge on any atom is 0.240 e. The molecule has 126 valence electrons. The monoisotopic (exact) mass is 346 g/mol. The number of ether oxygens (including phenoxy) is 1. The molecule has 2 aromatic heterocycles. The van der Waals surface area contributed by atoms with E-state index in [2.05, 4.69) is 15.0 Å². The lowest BCUT2D eigenvalue weighted by atomic mass is 10.2. The molecule has 7 nitrogen and oxygen atoms in total. The average Bonchev–Trinajstić information content (AvgIpc) is 3.37. The maximum atomic E-state index is 12.3. The van der Waals surface area contributed by atoms with E-state index in [1.165, 1.54) is 0 Å². The zero-order valence-corrected chi connectivity index (χ0v) is 13.9. The highest BCUT2D eigenvalue weighted by molar-refractivity contribution is 7.90. The third kappa shape index (κ3) is 2.99. The Kier molecular flexibility index (Phi) is 3.93. The number of aromatic nitrogens is 3. The van der Waals surface area contributed by atoms with Crippen molar-refractivity contribution >= 4 is 10.0 Å². The molecule has 2 fully saturated rings. The fraction of sp³-hybridized carbons (Fsp3) is 0.438. The molecule has 0 N–H and O–H groups in total. The normalized spacial score (nSPS) is 21.8. The second-order valence-electron chi connectivity index (χ2n) is 6.08. The summed E-state index contributed by atoms with van der Waals surface area (Å²) in [5.74, 6) is 0.430. The lowest BCUT2D eigenvalue weighted by molar-refractivity contribution is 0.207. The molecule has 0 amide bonds. The minimum absolute atomic E-state index is 0.180. The molecule has 1 saturated carbocycles. The molecule has 2 aliphatic rings. The molecule has 1 aliphatic carbocycles. The second kappa shape index (κ2) is 6.10. The van der Waals surface area contributed by atoms with Gasteiger partial charge in [-0.05, 0) is 31.4 Å². The molecule has 1 unspecified atom stereocenters. The smallest absolute Gasteiger partial charge is 0.240 e. The third-order valence-electron chi connectivity index (χ3n) is 4.31. The van der Waals surface area contributed by atoms with Gasteiger partial charge in [-0.2, -0.15) is 4.31 Å². The lowest BCUT2D eigenvalue weighted by Gasteiger charge is -2.17. The minimum Gasteiger partial charge on any atom is -0.471 e. The first kappa shape index (κ1) is 15.5. The van der Waals surface area contributed by atoms with Gasteiger partial charge in [0, 0.05) is 36.9 Å². The van der Waals surface area contributed by atoms with E-state index in [1.807, 2.05) is 12.1 Å². The summed E-state index contributed by atoms with van der Waals surface area (Å²) >= 11 is 0. The number of sulfonamides is 1. The van der Waals surface area contributed by atoms with Gasteiger partial charge in [0.05, 0.1) is 11.8 Å². The van der Waals surface area contributed by atoms with Crippen molar-refractivity contribution in [2.75, 3.05) is 13.1 Å². The van der Waals surface area contributed by atoms with Crippen LogP contribution in [0.15, 0.2) is 36.9 Å². The van der Waals surface area contributed by atoms with E-state index in [-0.39, 0.29) is 11.4 Å². The Hall–Kier alpha value is -2.06. The van der Waals surface area contributed by atoms with Gasteiger partial charge in [-0.25, -0.2) is 18.4 Å². The first-order valence-corrected chi connectivity index (χ1v) is 9.52. The van der Waals surface area contributed by atoms with E-state index >= 15 is 0 Å². The number of hydrogen-bond acceptors (Lipinski definition) is 6. The molecule has 0 spiro atoms. The summed E-state index contributed by atoms with van der Waals surface area (Å²) < 4.78 is 32.2. The zero-order valence-electron chi connectivity index (χ0n) is 13.1. The minimum atomic E-state index is -3.14. The van der Waals surface area contributed by atoms with Crippen LogP contribution in [0.4, 0.5) is 0 Å². The molecule has 8 heteroatoms. The van der Waals surface area contributed by atoms with E-state index in [0.717, 1.165) is 18.4 Å². The molecule has 1 saturated heterocycles. The highest BCUT2D eigenvalue weighted by Gasteiger charge is 2.43. The lowest BCUT2D eigenvalue weighted by Crippen LogP contribution is -2.33. The van der Waals surface area contributed by atoms with Gasteiger partial charge in [0.25, 0.3) is 0 Å². The van der Waals surface area contributed by atoms with Crippen LogP contribution in [0.25, 0.3) is 11.3 Å². The first-order chi connectivity index (χ1) is 11.6. The van der Waals surface area contributed by atoms with Crippen molar-refractivity contribution in [1.29, 1.82) is 0 Å². The van der Waals surface area contributed by atoms with Crippen molar-refractivity contribution in [3.8, 4) is 17.1 Å². The van der Waals surface area contributed by atoms with Crippen molar-refractivity contribution < 1.29 is 13.2 Å². The highest BCUT2D eigenvalue weighted by Crippen LogP contribution is 2.34. The zero-order chi connectivity index (χ0) is 16.6. The van der Waals surface area contributed by atoms with Crippen molar-refractivity contribution in [3.05, 3.63) is 36.9 Å². The SMILES string of the molecule is O=S(=O)(C1CC1)N1CCC(Oc2nccnc2-c2ccncc2)C1. The molecule has 1 atom stereocenters. The van der Waals surface area contributed by atoms with Gasteiger partial charge in [-0.3, -0.25) is 4.98 Å². The van der Waals surface area contributed by atoms with E-state index in [1.54, 1.807) is 29.1 Å². The second-order valence-corrected chi connectivity index (χ2v) is 8.29. The van der Waals surface area contributed by atoms with E-state index in [9.17, 15) is 8.42 Å². The van der Waals surface area contributed by atoms with Gasteiger partial charge in [-0.1, -0.05) is 0 Å². The fourth-order valence-electron chi connectivity index (χ4n) is 2.88.